The van der Waals surface area contributed by atoms with Gasteiger partial charge in [-0.05, 0) is 26.0 Å². The Kier molecular flexibility index (Phi) is 3.71. The molecule has 0 aliphatic carbocycles. The van der Waals surface area contributed by atoms with Crippen molar-refractivity contribution in [1.29, 1.82) is 0 Å². The van der Waals surface area contributed by atoms with Crippen LogP contribution in [0, 0.1) is 6.92 Å². The average molecular weight is 196 g/mol. The third-order valence-corrected chi connectivity index (χ3v) is 2.13. The van der Waals surface area contributed by atoms with Gasteiger partial charge in [0, 0.05) is 13.6 Å². The SMILES string of the molecule is Cc1occc1C(=O)N(C)CCCN. The molecule has 0 bridgehead atoms. The summed E-state index contributed by atoms with van der Waals surface area (Å²) < 4.78 is 5.07. The van der Waals surface area contributed by atoms with Gasteiger partial charge < -0.3 is 15.1 Å². The van der Waals surface area contributed by atoms with Gasteiger partial charge in [0.15, 0.2) is 0 Å². The molecule has 0 saturated heterocycles. The quantitative estimate of drug-likeness (QED) is 0.781. The summed E-state index contributed by atoms with van der Waals surface area (Å²) in [4.78, 5) is 13.4. The van der Waals surface area contributed by atoms with Gasteiger partial charge in [0.1, 0.15) is 5.76 Å². The summed E-state index contributed by atoms with van der Waals surface area (Å²) in [6, 6.07) is 1.69. The smallest absolute Gasteiger partial charge is 0.257 e. The highest BCUT2D eigenvalue weighted by Gasteiger charge is 2.15. The van der Waals surface area contributed by atoms with Gasteiger partial charge in [-0.15, -0.1) is 0 Å². The number of aryl methyl sites for hydroxylation is 1. The van der Waals surface area contributed by atoms with Crippen LogP contribution in [0.4, 0.5) is 0 Å². The minimum atomic E-state index is -0.00954. The summed E-state index contributed by atoms with van der Waals surface area (Å²) in [5.74, 6) is 0.652. The summed E-state index contributed by atoms with van der Waals surface area (Å²) >= 11 is 0. The largest absolute Gasteiger partial charge is 0.469 e. The Balaban J connectivity index is 2.61. The van der Waals surface area contributed by atoms with Crippen molar-refractivity contribution in [1.82, 2.24) is 4.90 Å². The van der Waals surface area contributed by atoms with Crippen LogP contribution in [0.3, 0.4) is 0 Å². The van der Waals surface area contributed by atoms with Gasteiger partial charge >= 0.3 is 0 Å². The molecule has 1 heterocycles. The van der Waals surface area contributed by atoms with Gasteiger partial charge in [0.25, 0.3) is 5.91 Å². The van der Waals surface area contributed by atoms with E-state index in [1.807, 2.05) is 0 Å². The Labute approximate surface area is 83.7 Å². The van der Waals surface area contributed by atoms with Gasteiger partial charge in [0.05, 0.1) is 11.8 Å². The van der Waals surface area contributed by atoms with Crippen LogP contribution in [0.25, 0.3) is 0 Å². The average Bonchev–Trinajstić information content (AvgIpc) is 2.59. The molecule has 0 unspecified atom stereocenters. The number of nitrogens with two attached hydrogens (primary N) is 1. The lowest BCUT2D eigenvalue weighted by Gasteiger charge is -2.15. The molecule has 4 nitrogen and oxygen atoms in total. The molecule has 1 rings (SSSR count). The molecule has 0 atom stereocenters. The maximum Gasteiger partial charge on any atom is 0.257 e. The first-order chi connectivity index (χ1) is 6.66. The lowest BCUT2D eigenvalue weighted by molar-refractivity contribution is 0.0792. The van der Waals surface area contributed by atoms with Gasteiger partial charge in [-0.3, -0.25) is 4.79 Å². The van der Waals surface area contributed by atoms with E-state index in [9.17, 15) is 4.79 Å². The third kappa shape index (κ3) is 2.35. The molecule has 0 fully saturated rings. The third-order valence-electron chi connectivity index (χ3n) is 2.13. The predicted octanol–water partition coefficient (Wildman–Crippen LogP) is 1.01. The van der Waals surface area contributed by atoms with Crippen LogP contribution < -0.4 is 5.73 Å². The van der Waals surface area contributed by atoms with Gasteiger partial charge in [0.2, 0.25) is 0 Å². The summed E-state index contributed by atoms with van der Waals surface area (Å²) in [6.07, 6.45) is 2.35. The van der Waals surface area contributed by atoms with E-state index >= 15 is 0 Å². The van der Waals surface area contributed by atoms with Crippen molar-refractivity contribution in [2.24, 2.45) is 5.73 Å². The zero-order valence-electron chi connectivity index (χ0n) is 8.62. The van der Waals surface area contributed by atoms with Crippen LogP contribution in [-0.2, 0) is 0 Å². The van der Waals surface area contributed by atoms with E-state index in [1.54, 1.807) is 24.9 Å². The number of amides is 1. The second-order valence-electron chi connectivity index (χ2n) is 3.26. The lowest BCUT2D eigenvalue weighted by Crippen LogP contribution is -2.29. The molecule has 1 aromatic heterocycles. The van der Waals surface area contributed by atoms with E-state index in [0.717, 1.165) is 6.42 Å². The maximum absolute atomic E-state index is 11.8. The van der Waals surface area contributed by atoms with Crippen LogP contribution in [0.2, 0.25) is 0 Å². The number of rotatable bonds is 4. The molecule has 1 aromatic rings. The van der Waals surface area contributed by atoms with Crippen molar-refractivity contribution in [3.05, 3.63) is 23.7 Å². The molecule has 78 valence electrons. The van der Waals surface area contributed by atoms with Crippen LogP contribution in [0.15, 0.2) is 16.7 Å². The second kappa shape index (κ2) is 4.81. The van der Waals surface area contributed by atoms with E-state index in [2.05, 4.69) is 0 Å². The molecular weight excluding hydrogens is 180 g/mol. The first-order valence-corrected chi connectivity index (χ1v) is 4.66. The lowest BCUT2D eigenvalue weighted by atomic mass is 10.2. The first-order valence-electron chi connectivity index (χ1n) is 4.66. The second-order valence-corrected chi connectivity index (χ2v) is 3.26. The summed E-state index contributed by atoms with van der Waals surface area (Å²) in [6.45, 7) is 3.06. The molecular formula is C10H16N2O2. The first kappa shape index (κ1) is 10.8. The molecule has 0 saturated carbocycles. The summed E-state index contributed by atoms with van der Waals surface area (Å²) in [5, 5.41) is 0. The summed E-state index contributed by atoms with van der Waals surface area (Å²) in [7, 11) is 1.77. The fourth-order valence-corrected chi connectivity index (χ4v) is 1.24. The van der Waals surface area contributed by atoms with E-state index in [4.69, 9.17) is 10.2 Å². The Morgan fingerprint density at radius 3 is 2.86 bits per heavy atom. The number of hydrogen-bond donors (Lipinski definition) is 1. The molecule has 0 aromatic carbocycles. The highest BCUT2D eigenvalue weighted by atomic mass is 16.3. The minimum Gasteiger partial charge on any atom is -0.469 e. The number of nitrogens with zero attached hydrogens (tertiary/aromatic N) is 1. The monoisotopic (exact) mass is 196 g/mol. The topological polar surface area (TPSA) is 59.5 Å². The van der Waals surface area contributed by atoms with Crippen LogP contribution in [0.5, 0.6) is 0 Å². The van der Waals surface area contributed by atoms with E-state index < -0.39 is 0 Å². The Morgan fingerprint density at radius 2 is 2.36 bits per heavy atom. The van der Waals surface area contributed by atoms with Gasteiger partial charge in [-0.2, -0.15) is 0 Å². The zero-order valence-corrected chi connectivity index (χ0v) is 8.62. The van der Waals surface area contributed by atoms with Crippen molar-refractivity contribution in [3.8, 4) is 0 Å². The molecule has 0 aliphatic heterocycles. The molecule has 0 radical (unpaired) electrons. The molecule has 0 aliphatic rings. The normalized spacial score (nSPS) is 10.2. The predicted molar refractivity (Wildman–Crippen MR) is 54.1 cm³/mol. The fraction of sp³-hybridized carbons (Fsp3) is 0.500. The van der Waals surface area contributed by atoms with Crippen molar-refractivity contribution in [2.45, 2.75) is 13.3 Å². The standard InChI is InChI=1S/C10H16N2O2/c1-8-9(4-7-14-8)10(13)12(2)6-3-5-11/h4,7H,3,5-6,11H2,1-2H3. The highest BCUT2D eigenvalue weighted by Crippen LogP contribution is 2.11. The Morgan fingerprint density at radius 1 is 1.64 bits per heavy atom. The number of carbonyl (C=O) groups excluding carboxylic acids is 1. The summed E-state index contributed by atoms with van der Waals surface area (Å²) in [5.41, 5.74) is 6.00. The van der Waals surface area contributed by atoms with Gasteiger partial charge in [-0.1, -0.05) is 0 Å². The minimum absolute atomic E-state index is 0.00954. The van der Waals surface area contributed by atoms with Crippen LogP contribution in [-0.4, -0.2) is 30.9 Å². The van der Waals surface area contributed by atoms with Crippen molar-refractivity contribution >= 4 is 5.91 Å². The van der Waals surface area contributed by atoms with E-state index in [-0.39, 0.29) is 5.91 Å². The molecule has 4 heteroatoms. The molecule has 14 heavy (non-hydrogen) atoms. The van der Waals surface area contributed by atoms with Crippen LogP contribution >= 0.6 is 0 Å². The van der Waals surface area contributed by atoms with E-state index in [1.165, 1.54) is 6.26 Å². The van der Waals surface area contributed by atoms with E-state index in [0.29, 0.717) is 24.4 Å². The zero-order chi connectivity index (χ0) is 10.6. The van der Waals surface area contributed by atoms with Crippen molar-refractivity contribution in [3.63, 3.8) is 0 Å². The molecule has 1 amide bonds. The number of carbonyl (C=O) groups is 1. The molecule has 0 spiro atoms. The fourth-order valence-electron chi connectivity index (χ4n) is 1.24. The van der Waals surface area contributed by atoms with Crippen molar-refractivity contribution in [2.75, 3.05) is 20.1 Å². The van der Waals surface area contributed by atoms with Crippen LogP contribution in [0.1, 0.15) is 22.5 Å². The highest BCUT2D eigenvalue weighted by molar-refractivity contribution is 5.94. The maximum atomic E-state index is 11.8. The number of furan rings is 1. The molecule has 2 N–H and O–H groups in total. The Bertz CT molecular complexity index is 307. The number of hydrogen-bond acceptors (Lipinski definition) is 3. The van der Waals surface area contributed by atoms with Gasteiger partial charge in [-0.25, -0.2) is 0 Å². The van der Waals surface area contributed by atoms with Crippen molar-refractivity contribution < 1.29 is 9.21 Å². The Hall–Kier alpha value is -1.29.